The van der Waals surface area contributed by atoms with Gasteiger partial charge in [0, 0.05) is 32.5 Å². The van der Waals surface area contributed by atoms with Gasteiger partial charge < -0.3 is 9.47 Å². The molecule has 92 valence electrons. The molecule has 0 amide bonds. The molecular formula is C10H20N4O2. The number of ether oxygens (including phenoxy) is 2. The van der Waals surface area contributed by atoms with Gasteiger partial charge in [0.25, 0.3) is 0 Å². The Kier molecular flexibility index (Phi) is 6.02. The average Bonchev–Trinajstić information content (AvgIpc) is 2.70. The van der Waals surface area contributed by atoms with Gasteiger partial charge in [-0.25, -0.2) is 0 Å². The predicted octanol–water partition coefficient (Wildman–Crippen LogP) is -0.0224. The first-order valence-corrected chi connectivity index (χ1v) is 5.29. The van der Waals surface area contributed by atoms with Crippen LogP contribution in [0.4, 0.5) is 0 Å². The minimum atomic E-state index is 0.0799. The third kappa shape index (κ3) is 4.28. The van der Waals surface area contributed by atoms with E-state index < -0.39 is 0 Å². The predicted molar refractivity (Wildman–Crippen MR) is 60.6 cm³/mol. The van der Waals surface area contributed by atoms with Crippen LogP contribution in [0.2, 0.25) is 0 Å². The molecule has 3 N–H and O–H groups in total. The van der Waals surface area contributed by atoms with Crippen molar-refractivity contribution in [1.29, 1.82) is 0 Å². The molecule has 1 aromatic rings. The van der Waals surface area contributed by atoms with Crippen LogP contribution in [-0.4, -0.2) is 36.7 Å². The van der Waals surface area contributed by atoms with E-state index in [4.69, 9.17) is 15.3 Å². The molecule has 0 radical (unpaired) electrons. The maximum Gasteiger partial charge on any atom is 0.0700 e. The van der Waals surface area contributed by atoms with Crippen molar-refractivity contribution in [3.63, 3.8) is 0 Å². The standard InChI is InChI=1S/C10H20N4O2/c1-14-8-9(7-12-14)10(13-11)3-4-16-6-5-15-2/h7-8,10,13H,3-6,11H2,1-2H3. The van der Waals surface area contributed by atoms with Crippen molar-refractivity contribution >= 4 is 0 Å². The summed E-state index contributed by atoms with van der Waals surface area (Å²) in [5.74, 6) is 5.49. The van der Waals surface area contributed by atoms with Crippen molar-refractivity contribution < 1.29 is 9.47 Å². The molecule has 1 rings (SSSR count). The second-order valence-electron chi connectivity index (χ2n) is 3.56. The molecule has 0 bridgehead atoms. The number of hydrogen-bond donors (Lipinski definition) is 2. The molecule has 1 unspecified atom stereocenters. The fourth-order valence-corrected chi connectivity index (χ4v) is 1.41. The lowest BCUT2D eigenvalue weighted by molar-refractivity contribution is 0.0657. The number of aryl methyl sites for hydroxylation is 1. The van der Waals surface area contributed by atoms with Gasteiger partial charge in [-0.1, -0.05) is 0 Å². The first-order valence-electron chi connectivity index (χ1n) is 5.29. The van der Waals surface area contributed by atoms with E-state index in [0.717, 1.165) is 12.0 Å². The maximum atomic E-state index is 5.49. The van der Waals surface area contributed by atoms with E-state index in [0.29, 0.717) is 19.8 Å². The van der Waals surface area contributed by atoms with Crippen molar-refractivity contribution in [2.45, 2.75) is 12.5 Å². The van der Waals surface area contributed by atoms with E-state index in [1.807, 2.05) is 13.2 Å². The molecule has 0 spiro atoms. The minimum absolute atomic E-state index is 0.0799. The summed E-state index contributed by atoms with van der Waals surface area (Å²) in [5, 5.41) is 4.10. The van der Waals surface area contributed by atoms with Gasteiger partial charge in [0.2, 0.25) is 0 Å². The molecule has 6 heteroatoms. The van der Waals surface area contributed by atoms with Gasteiger partial charge in [0.15, 0.2) is 0 Å². The number of methoxy groups -OCH3 is 1. The lowest BCUT2D eigenvalue weighted by Gasteiger charge is -2.13. The number of hydrogen-bond acceptors (Lipinski definition) is 5. The monoisotopic (exact) mass is 228 g/mol. The SMILES string of the molecule is COCCOCCC(NN)c1cnn(C)c1. The van der Waals surface area contributed by atoms with Crippen molar-refractivity contribution in [3.05, 3.63) is 18.0 Å². The molecule has 0 fully saturated rings. The van der Waals surface area contributed by atoms with Gasteiger partial charge in [-0.05, 0) is 6.42 Å². The minimum Gasteiger partial charge on any atom is -0.382 e. The third-order valence-corrected chi connectivity index (χ3v) is 2.31. The van der Waals surface area contributed by atoms with Crippen LogP contribution in [0.5, 0.6) is 0 Å². The zero-order valence-corrected chi connectivity index (χ0v) is 9.85. The highest BCUT2D eigenvalue weighted by atomic mass is 16.5. The molecule has 6 nitrogen and oxygen atoms in total. The molecule has 0 aliphatic rings. The third-order valence-electron chi connectivity index (χ3n) is 2.31. The van der Waals surface area contributed by atoms with E-state index in [-0.39, 0.29) is 6.04 Å². The Labute approximate surface area is 95.7 Å². The topological polar surface area (TPSA) is 74.3 Å². The van der Waals surface area contributed by atoms with E-state index in [1.54, 1.807) is 18.0 Å². The fourth-order valence-electron chi connectivity index (χ4n) is 1.41. The normalized spacial score (nSPS) is 12.9. The molecule has 0 saturated heterocycles. The molecule has 16 heavy (non-hydrogen) atoms. The summed E-state index contributed by atoms with van der Waals surface area (Å²) in [6.07, 6.45) is 4.56. The summed E-state index contributed by atoms with van der Waals surface area (Å²) in [6.45, 7) is 1.88. The molecule has 1 aromatic heterocycles. The van der Waals surface area contributed by atoms with E-state index >= 15 is 0 Å². The highest BCUT2D eigenvalue weighted by molar-refractivity contribution is 5.09. The highest BCUT2D eigenvalue weighted by Crippen LogP contribution is 2.14. The molecular weight excluding hydrogens is 208 g/mol. The maximum absolute atomic E-state index is 5.49. The molecule has 0 aliphatic heterocycles. The number of aromatic nitrogens is 2. The Morgan fingerprint density at radius 2 is 2.31 bits per heavy atom. The Hall–Kier alpha value is -0.950. The van der Waals surface area contributed by atoms with Crippen LogP contribution in [0.1, 0.15) is 18.0 Å². The summed E-state index contributed by atoms with van der Waals surface area (Å²) in [5.41, 5.74) is 3.83. The van der Waals surface area contributed by atoms with Gasteiger partial charge in [-0.15, -0.1) is 0 Å². The fraction of sp³-hybridized carbons (Fsp3) is 0.700. The van der Waals surface area contributed by atoms with Gasteiger partial charge in [-0.3, -0.25) is 16.0 Å². The Bertz CT molecular complexity index is 290. The van der Waals surface area contributed by atoms with Gasteiger partial charge in [0.05, 0.1) is 25.5 Å². The summed E-state index contributed by atoms with van der Waals surface area (Å²) >= 11 is 0. The molecule has 0 aromatic carbocycles. The van der Waals surface area contributed by atoms with Crippen LogP contribution in [-0.2, 0) is 16.5 Å². The average molecular weight is 228 g/mol. The second kappa shape index (κ2) is 7.34. The zero-order valence-electron chi connectivity index (χ0n) is 9.85. The summed E-state index contributed by atoms with van der Waals surface area (Å²) in [6, 6.07) is 0.0799. The Morgan fingerprint density at radius 1 is 1.50 bits per heavy atom. The quantitative estimate of drug-likeness (QED) is 0.371. The van der Waals surface area contributed by atoms with Gasteiger partial charge in [-0.2, -0.15) is 5.10 Å². The molecule has 1 atom stereocenters. The molecule has 0 aliphatic carbocycles. The first-order chi connectivity index (χ1) is 7.77. The van der Waals surface area contributed by atoms with Crippen LogP contribution in [0, 0.1) is 0 Å². The number of nitrogens with zero attached hydrogens (tertiary/aromatic N) is 2. The molecule has 1 heterocycles. The van der Waals surface area contributed by atoms with Crippen molar-refractivity contribution in [2.75, 3.05) is 26.9 Å². The van der Waals surface area contributed by atoms with Crippen LogP contribution >= 0.6 is 0 Å². The number of nitrogens with one attached hydrogen (secondary N) is 1. The lowest BCUT2D eigenvalue weighted by atomic mass is 10.1. The van der Waals surface area contributed by atoms with E-state index in [1.165, 1.54) is 0 Å². The van der Waals surface area contributed by atoms with Crippen molar-refractivity contribution in [1.82, 2.24) is 15.2 Å². The van der Waals surface area contributed by atoms with Crippen LogP contribution in [0.25, 0.3) is 0 Å². The highest BCUT2D eigenvalue weighted by Gasteiger charge is 2.10. The largest absolute Gasteiger partial charge is 0.382 e. The van der Waals surface area contributed by atoms with Gasteiger partial charge >= 0.3 is 0 Å². The van der Waals surface area contributed by atoms with Crippen LogP contribution in [0.15, 0.2) is 12.4 Å². The van der Waals surface area contributed by atoms with Crippen molar-refractivity contribution in [2.24, 2.45) is 12.9 Å². The summed E-state index contributed by atoms with van der Waals surface area (Å²) in [7, 11) is 3.54. The summed E-state index contributed by atoms with van der Waals surface area (Å²) < 4.78 is 12.0. The Balaban J connectivity index is 2.27. The number of hydrazine groups is 1. The smallest absolute Gasteiger partial charge is 0.0700 e. The van der Waals surface area contributed by atoms with E-state index in [2.05, 4.69) is 10.5 Å². The second-order valence-corrected chi connectivity index (χ2v) is 3.56. The summed E-state index contributed by atoms with van der Waals surface area (Å²) in [4.78, 5) is 0. The van der Waals surface area contributed by atoms with Crippen LogP contribution in [0.3, 0.4) is 0 Å². The zero-order chi connectivity index (χ0) is 11.8. The first kappa shape index (κ1) is 13.1. The van der Waals surface area contributed by atoms with Gasteiger partial charge in [0.1, 0.15) is 0 Å². The van der Waals surface area contributed by atoms with Crippen molar-refractivity contribution in [3.8, 4) is 0 Å². The number of nitrogens with two attached hydrogens (primary N) is 1. The lowest BCUT2D eigenvalue weighted by Crippen LogP contribution is -2.28. The number of rotatable bonds is 8. The Morgan fingerprint density at radius 3 is 2.88 bits per heavy atom. The molecule has 0 saturated carbocycles. The van der Waals surface area contributed by atoms with E-state index in [9.17, 15) is 0 Å². The van der Waals surface area contributed by atoms with Crippen LogP contribution < -0.4 is 11.3 Å².